The van der Waals surface area contributed by atoms with E-state index in [1.165, 1.54) is 0 Å². The second-order valence-corrected chi connectivity index (χ2v) is 11.5. The summed E-state index contributed by atoms with van der Waals surface area (Å²) in [6.45, 7) is 2.34. The molecule has 2 aromatic carbocycles. The largest absolute Gasteiger partial charge is 0.394 e. The first-order chi connectivity index (χ1) is 18.7. The van der Waals surface area contributed by atoms with Gasteiger partial charge in [-0.3, -0.25) is 19.1 Å². The van der Waals surface area contributed by atoms with E-state index in [4.69, 9.17) is 11.6 Å². The van der Waals surface area contributed by atoms with Crippen LogP contribution in [0, 0.1) is 5.92 Å². The predicted molar refractivity (Wildman–Crippen MR) is 154 cm³/mol. The van der Waals surface area contributed by atoms with Gasteiger partial charge in [0, 0.05) is 23.9 Å². The van der Waals surface area contributed by atoms with Gasteiger partial charge in [0.15, 0.2) is 0 Å². The Hall–Kier alpha value is -2.59. The van der Waals surface area contributed by atoms with Gasteiger partial charge >= 0.3 is 0 Å². The van der Waals surface area contributed by atoms with Crippen LogP contribution in [0.1, 0.15) is 56.6 Å². The SMILES string of the molecule is CCCC[C@H](SNC(=O)CC(O)(Cc1cccc(Cl)c1)c1ccccc1)C(=O)N[C@H](CO)C[C@@H]1CCNC1=O. The first kappa shape index (κ1) is 30.9. The van der Waals surface area contributed by atoms with Crippen molar-refractivity contribution in [1.82, 2.24) is 15.4 Å². The van der Waals surface area contributed by atoms with Crippen LogP contribution in [0.25, 0.3) is 0 Å². The zero-order chi connectivity index (χ0) is 28.3. The summed E-state index contributed by atoms with van der Waals surface area (Å²) in [5.74, 6) is -1.01. The van der Waals surface area contributed by atoms with Gasteiger partial charge in [-0.15, -0.1) is 0 Å². The highest BCUT2D eigenvalue weighted by Crippen LogP contribution is 2.31. The number of amides is 3. The minimum absolute atomic E-state index is 0.0597. The molecule has 0 aliphatic carbocycles. The van der Waals surface area contributed by atoms with E-state index in [0.29, 0.717) is 36.4 Å². The number of carbonyl (C=O) groups excluding carboxylic acids is 3. The Morgan fingerprint density at radius 1 is 1.21 bits per heavy atom. The average molecular weight is 576 g/mol. The molecular weight excluding hydrogens is 538 g/mol. The van der Waals surface area contributed by atoms with E-state index in [-0.39, 0.29) is 37.2 Å². The Morgan fingerprint density at radius 2 is 1.97 bits per heavy atom. The Balaban J connectivity index is 1.65. The van der Waals surface area contributed by atoms with Crippen LogP contribution < -0.4 is 15.4 Å². The summed E-state index contributed by atoms with van der Waals surface area (Å²) in [6.07, 6.45) is 3.18. The van der Waals surface area contributed by atoms with E-state index in [1.807, 2.05) is 31.2 Å². The quantitative estimate of drug-likeness (QED) is 0.207. The van der Waals surface area contributed by atoms with Crippen LogP contribution in [-0.4, -0.2) is 52.4 Å². The van der Waals surface area contributed by atoms with Crippen LogP contribution in [0.15, 0.2) is 54.6 Å². The molecule has 0 aromatic heterocycles. The van der Waals surface area contributed by atoms with Crippen molar-refractivity contribution >= 4 is 41.3 Å². The fourth-order valence-electron chi connectivity index (χ4n) is 4.76. The van der Waals surface area contributed by atoms with E-state index in [2.05, 4.69) is 15.4 Å². The molecule has 0 radical (unpaired) electrons. The minimum atomic E-state index is -1.48. The maximum atomic E-state index is 13.1. The number of aliphatic hydroxyl groups is 2. The average Bonchev–Trinajstić information content (AvgIpc) is 3.32. The summed E-state index contributed by atoms with van der Waals surface area (Å²) in [4.78, 5) is 38.1. The standard InChI is InChI=1S/C29H38ClN3O5S/c1-2-3-12-25(28(37)32-24(19-34)16-21-13-14-31-27(21)36)39-33-26(35)18-29(38,22-9-5-4-6-10-22)17-20-8-7-11-23(30)15-20/h4-11,15,21,24-25,34,38H,2-3,12-14,16-19H2,1H3,(H,31,36)(H,32,37)(H,33,35)/t21-,24-,25-,29?/m0/s1. The van der Waals surface area contributed by atoms with Gasteiger partial charge in [0.2, 0.25) is 17.7 Å². The first-order valence-corrected chi connectivity index (χ1v) is 14.7. The van der Waals surface area contributed by atoms with Gasteiger partial charge in [-0.2, -0.15) is 0 Å². The first-order valence-electron chi connectivity index (χ1n) is 13.4. The number of aliphatic hydroxyl groups excluding tert-OH is 1. The van der Waals surface area contributed by atoms with Crippen LogP contribution in [0.3, 0.4) is 0 Å². The third-order valence-electron chi connectivity index (χ3n) is 6.88. The molecule has 10 heteroatoms. The molecule has 39 heavy (non-hydrogen) atoms. The third kappa shape index (κ3) is 9.53. The highest BCUT2D eigenvalue weighted by atomic mass is 35.5. The molecule has 1 saturated heterocycles. The number of halogens is 1. The van der Waals surface area contributed by atoms with Crippen molar-refractivity contribution in [2.45, 2.75) is 68.8 Å². The van der Waals surface area contributed by atoms with Crippen molar-refractivity contribution < 1.29 is 24.6 Å². The van der Waals surface area contributed by atoms with Gasteiger partial charge in [-0.1, -0.05) is 73.8 Å². The Kier molecular flexibility index (Phi) is 12.1. The van der Waals surface area contributed by atoms with Crippen molar-refractivity contribution in [3.8, 4) is 0 Å². The van der Waals surface area contributed by atoms with Crippen LogP contribution >= 0.6 is 23.5 Å². The molecule has 8 nitrogen and oxygen atoms in total. The number of nitrogens with one attached hydrogen (secondary N) is 3. The van der Waals surface area contributed by atoms with Crippen molar-refractivity contribution in [1.29, 1.82) is 0 Å². The monoisotopic (exact) mass is 575 g/mol. The smallest absolute Gasteiger partial charge is 0.235 e. The molecule has 1 aliphatic heterocycles. The number of rotatable bonds is 15. The summed E-state index contributed by atoms with van der Waals surface area (Å²) in [5.41, 5.74) is -0.0886. The Morgan fingerprint density at radius 3 is 2.62 bits per heavy atom. The molecule has 2 aromatic rings. The van der Waals surface area contributed by atoms with Crippen molar-refractivity contribution in [2.24, 2.45) is 5.92 Å². The van der Waals surface area contributed by atoms with Gasteiger partial charge in [0.1, 0.15) is 10.9 Å². The normalized spacial score (nSPS) is 18.1. The lowest BCUT2D eigenvalue weighted by Gasteiger charge is -2.29. The molecule has 1 aliphatic rings. The molecule has 1 heterocycles. The molecule has 3 rings (SSSR count). The molecule has 5 N–H and O–H groups in total. The molecular formula is C29H38ClN3O5S. The van der Waals surface area contributed by atoms with Crippen LogP contribution in [0.4, 0.5) is 0 Å². The number of hydrogen-bond donors (Lipinski definition) is 5. The topological polar surface area (TPSA) is 128 Å². The van der Waals surface area contributed by atoms with Crippen LogP contribution in [-0.2, 0) is 26.4 Å². The lowest BCUT2D eigenvalue weighted by Crippen LogP contribution is -2.45. The molecule has 3 amide bonds. The number of carbonyl (C=O) groups is 3. The van der Waals surface area contributed by atoms with E-state index >= 15 is 0 Å². The third-order valence-corrected chi connectivity index (χ3v) is 8.19. The number of unbranched alkanes of at least 4 members (excludes halogenated alkanes) is 1. The predicted octanol–water partition coefficient (Wildman–Crippen LogP) is 3.49. The molecule has 1 fully saturated rings. The fraction of sp³-hybridized carbons (Fsp3) is 0.483. The number of hydrogen-bond acceptors (Lipinski definition) is 6. The molecule has 0 spiro atoms. The van der Waals surface area contributed by atoms with Crippen molar-refractivity contribution in [2.75, 3.05) is 13.2 Å². The summed E-state index contributed by atoms with van der Waals surface area (Å²) in [7, 11) is 0. The summed E-state index contributed by atoms with van der Waals surface area (Å²) >= 11 is 7.16. The summed E-state index contributed by atoms with van der Waals surface area (Å²) in [6, 6.07) is 15.6. The van der Waals surface area contributed by atoms with Gasteiger partial charge in [-0.05, 0) is 54.5 Å². The highest BCUT2D eigenvalue weighted by molar-refractivity contribution is 7.99. The molecule has 0 saturated carbocycles. The minimum Gasteiger partial charge on any atom is -0.394 e. The van der Waals surface area contributed by atoms with Gasteiger partial charge < -0.3 is 20.8 Å². The maximum absolute atomic E-state index is 13.1. The molecule has 0 bridgehead atoms. The van der Waals surface area contributed by atoms with Crippen molar-refractivity contribution in [3.05, 3.63) is 70.7 Å². The molecule has 4 atom stereocenters. The summed E-state index contributed by atoms with van der Waals surface area (Å²) < 4.78 is 2.77. The Labute approximate surface area is 239 Å². The van der Waals surface area contributed by atoms with E-state index in [1.54, 1.807) is 30.3 Å². The van der Waals surface area contributed by atoms with Crippen LogP contribution in [0.2, 0.25) is 5.02 Å². The van der Waals surface area contributed by atoms with E-state index in [0.717, 1.165) is 30.4 Å². The van der Waals surface area contributed by atoms with Gasteiger partial charge in [0.05, 0.1) is 19.1 Å². The lowest BCUT2D eigenvalue weighted by molar-refractivity contribution is -0.125. The van der Waals surface area contributed by atoms with E-state index in [9.17, 15) is 24.6 Å². The second-order valence-electron chi connectivity index (χ2n) is 10.1. The lowest BCUT2D eigenvalue weighted by atomic mass is 9.84. The highest BCUT2D eigenvalue weighted by Gasteiger charge is 2.34. The zero-order valence-corrected chi connectivity index (χ0v) is 23.8. The fourth-order valence-corrected chi connectivity index (χ4v) is 5.78. The molecule has 1 unspecified atom stereocenters. The summed E-state index contributed by atoms with van der Waals surface area (Å²) in [5, 5.41) is 27.1. The van der Waals surface area contributed by atoms with Gasteiger partial charge in [0.25, 0.3) is 0 Å². The molecule has 212 valence electrons. The number of benzene rings is 2. The zero-order valence-electron chi connectivity index (χ0n) is 22.2. The second kappa shape index (κ2) is 15.3. The Bertz CT molecular complexity index is 1110. The van der Waals surface area contributed by atoms with Crippen LogP contribution in [0.5, 0.6) is 0 Å². The van der Waals surface area contributed by atoms with Crippen molar-refractivity contribution in [3.63, 3.8) is 0 Å². The van der Waals surface area contributed by atoms with Gasteiger partial charge in [-0.25, -0.2) is 0 Å². The van der Waals surface area contributed by atoms with E-state index < -0.39 is 22.8 Å². The maximum Gasteiger partial charge on any atom is 0.235 e.